The van der Waals surface area contributed by atoms with Crippen LogP contribution in [-0.2, 0) is 4.79 Å². The van der Waals surface area contributed by atoms with Gasteiger partial charge in [-0.15, -0.1) is 0 Å². The Labute approximate surface area is 145 Å². The molecule has 0 unspecified atom stereocenters. The molecule has 124 valence electrons. The molecule has 0 heterocycles. The quantitative estimate of drug-likeness (QED) is 0.603. The lowest BCUT2D eigenvalue weighted by Crippen LogP contribution is -2.30. The molecule has 1 aromatic carbocycles. The number of ether oxygens (including phenoxy) is 2. The molecule has 0 bridgehead atoms. The lowest BCUT2D eigenvalue weighted by molar-refractivity contribution is -0.117. The molecule has 5 nitrogen and oxygen atoms in total. The summed E-state index contributed by atoms with van der Waals surface area (Å²) in [6, 6.07) is 5.38. The van der Waals surface area contributed by atoms with Gasteiger partial charge < -0.3 is 14.8 Å². The Hall–Kier alpha value is -2.00. The Morgan fingerprint density at radius 2 is 2.00 bits per heavy atom. The Kier molecular flexibility index (Phi) is 7.11. The second-order valence-electron chi connectivity index (χ2n) is 5.50. The normalized spacial score (nSPS) is 11.3. The molecular weight excluding hydrogens is 360 g/mol. The van der Waals surface area contributed by atoms with Crippen molar-refractivity contribution in [2.45, 2.75) is 39.8 Å². The van der Waals surface area contributed by atoms with Gasteiger partial charge in [0, 0.05) is 6.04 Å². The molecular formula is C17H21BrN2O3. The average molecular weight is 381 g/mol. The second kappa shape index (κ2) is 8.59. The van der Waals surface area contributed by atoms with Crippen molar-refractivity contribution < 1.29 is 14.3 Å². The minimum absolute atomic E-state index is 0.00641. The van der Waals surface area contributed by atoms with Gasteiger partial charge in [0.25, 0.3) is 5.91 Å². The molecule has 0 radical (unpaired) electrons. The zero-order chi connectivity index (χ0) is 17.6. The van der Waals surface area contributed by atoms with Gasteiger partial charge in [0.1, 0.15) is 11.6 Å². The van der Waals surface area contributed by atoms with Crippen LogP contribution in [0.5, 0.6) is 11.5 Å². The SMILES string of the molecule is COc1cc(/C=C(\C#N)C(=O)NC(C)C)cc(Br)c1OC(C)C. The highest BCUT2D eigenvalue weighted by atomic mass is 79.9. The molecule has 0 atom stereocenters. The third-order valence-corrected chi connectivity index (χ3v) is 3.29. The van der Waals surface area contributed by atoms with Gasteiger partial charge >= 0.3 is 0 Å². The molecule has 0 saturated carbocycles. The number of rotatable bonds is 6. The van der Waals surface area contributed by atoms with E-state index in [0.717, 1.165) is 0 Å². The average Bonchev–Trinajstić information content (AvgIpc) is 2.45. The van der Waals surface area contributed by atoms with Crippen LogP contribution in [0.4, 0.5) is 0 Å². The van der Waals surface area contributed by atoms with Crippen LogP contribution >= 0.6 is 15.9 Å². The van der Waals surface area contributed by atoms with Gasteiger partial charge in [-0.1, -0.05) is 0 Å². The summed E-state index contributed by atoms with van der Waals surface area (Å²) in [7, 11) is 1.54. The molecule has 0 saturated heterocycles. The van der Waals surface area contributed by atoms with Crippen molar-refractivity contribution in [2.24, 2.45) is 0 Å². The molecule has 0 fully saturated rings. The van der Waals surface area contributed by atoms with Crippen molar-refractivity contribution in [3.8, 4) is 17.6 Å². The topological polar surface area (TPSA) is 71.3 Å². The summed E-state index contributed by atoms with van der Waals surface area (Å²) in [6.45, 7) is 7.52. The highest BCUT2D eigenvalue weighted by molar-refractivity contribution is 9.10. The van der Waals surface area contributed by atoms with E-state index >= 15 is 0 Å². The molecule has 1 aromatic rings. The van der Waals surface area contributed by atoms with Crippen molar-refractivity contribution in [1.82, 2.24) is 5.32 Å². The van der Waals surface area contributed by atoms with E-state index in [0.29, 0.717) is 21.5 Å². The summed E-state index contributed by atoms with van der Waals surface area (Å²) in [5, 5.41) is 11.9. The third-order valence-electron chi connectivity index (χ3n) is 2.70. The first-order valence-corrected chi connectivity index (χ1v) is 8.04. The van der Waals surface area contributed by atoms with Gasteiger partial charge in [0.15, 0.2) is 11.5 Å². The van der Waals surface area contributed by atoms with Crippen LogP contribution in [-0.4, -0.2) is 25.2 Å². The van der Waals surface area contributed by atoms with Crippen molar-refractivity contribution in [1.29, 1.82) is 5.26 Å². The fourth-order valence-corrected chi connectivity index (χ4v) is 2.38. The van der Waals surface area contributed by atoms with Crippen molar-refractivity contribution in [3.63, 3.8) is 0 Å². The van der Waals surface area contributed by atoms with Crippen LogP contribution in [0.1, 0.15) is 33.3 Å². The van der Waals surface area contributed by atoms with Crippen molar-refractivity contribution in [3.05, 3.63) is 27.7 Å². The summed E-state index contributed by atoms with van der Waals surface area (Å²) in [6.07, 6.45) is 1.51. The number of nitriles is 1. The van der Waals surface area contributed by atoms with E-state index in [1.165, 1.54) is 6.08 Å². The molecule has 1 rings (SSSR count). The minimum atomic E-state index is -0.403. The smallest absolute Gasteiger partial charge is 0.262 e. The Balaban J connectivity index is 3.23. The number of amides is 1. The van der Waals surface area contributed by atoms with Crippen LogP contribution in [0, 0.1) is 11.3 Å². The molecule has 0 aromatic heterocycles. The van der Waals surface area contributed by atoms with Gasteiger partial charge in [-0.25, -0.2) is 0 Å². The minimum Gasteiger partial charge on any atom is -0.493 e. The van der Waals surface area contributed by atoms with Gasteiger partial charge in [0.05, 0.1) is 17.7 Å². The lowest BCUT2D eigenvalue weighted by Gasteiger charge is -2.16. The van der Waals surface area contributed by atoms with Crippen LogP contribution in [0.2, 0.25) is 0 Å². The summed E-state index contributed by atoms with van der Waals surface area (Å²) in [5.74, 6) is 0.714. The number of nitrogens with one attached hydrogen (secondary N) is 1. The largest absolute Gasteiger partial charge is 0.493 e. The highest BCUT2D eigenvalue weighted by Crippen LogP contribution is 2.37. The van der Waals surface area contributed by atoms with Gasteiger partial charge in [-0.05, 0) is 67.4 Å². The number of methoxy groups -OCH3 is 1. The maximum atomic E-state index is 12.0. The van der Waals surface area contributed by atoms with Crippen molar-refractivity contribution in [2.75, 3.05) is 7.11 Å². The van der Waals surface area contributed by atoms with Gasteiger partial charge in [-0.2, -0.15) is 5.26 Å². The van der Waals surface area contributed by atoms with E-state index in [-0.39, 0.29) is 17.7 Å². The number of halogens is 1. The first-order chi connectivity index (χ1) is 10.8. The number of hydrogen-bond donors (Lipinski definition) is 1. The Morgan fingerprint density at radius 3 is 2.48 bits per heavy atom. The molecule has 1 N–H and O–H groups in total. The van der Waals surface area contributed by atoms with E-state index in [2.05, 4.69) is 21.2 Å². The Morgan fingerprint density at radius 1 is 1.35 bits per heavy atom. The number of nitrogens with zero attached hydrogens (tertiary/aromatic N) is 1. The first-order valence-electron chi connectivity index (χ1n) is 7.25. The Bertz CT molecular complexity index is 646. The first kappa shape index (κ1) is 19.0. The molecule has 6 heteroatoms. The molecule has 1 amide bonds. The number of hydrogen-bond acceptors (Lipinski definition) is 4. The van der Waals surface area contributed by atoms with Gasteiger partial charge in [-0.3, -0.25) is 4.79 Å². The summed E-state index contributed by atoms with van der Waals surface area (Å²) in [4.78, 5) is 12.0. The maximum Gasteiger partial charge on any atom is 0.262 e. The maximum absolute atomic E-state index is 12.0. The van der Waals surface area contributed by atoms with E-state index in [9.17, 15) is 10.1 Å². The predicted octanol–water partition coefficient (Wildman–Crippen LogP) is 3.68. The molecule has 0 aliphatic heterocycles. The summed E-state index contributed by atoms with van der Waals surface area (Å²) < 4.78 is 11.7. The molecule has 23 heavy (non-hydrogen) atoms. The van der Waals surface area contributed by atoms with Crippen LogP contribution in [0.15, 0.2) is 22.2 Å². The summed E-state index contributed by atoms with van der Waals surface area (Å²) >= 11 is 3.44. The zero-order valence-corrected chi connectivity index (χ0v) is 15.5. The van der Waals surface area contributed by atoms with Crippen LogP contribution in [0.25, 0.3) is 6.08 Å². The number of benzene rings is 1. The zero-order valence-electron chi connectivity index (χ0n) is 13.9. The molecule has 0 aliphatic rings. The summed E-state index contributed by atoms with van der Waals surface area (Å²) in [5.41, 5.74) is 0.700. The lowest BCUT2D eigenvalue weighted by atomic mass is 10.1. The predicted molar refractivity (Wildman–Crippen MR) is 93.3 cm³/mol. The van der Waals surface area contributed by atoms with Crippen molar-refractivity contribution >= 4 is 27.9 Å². The third kappa shape index (κ3) is 5.61. The molecule has 0 aliphatic carbocycles. The van der Waals surface area contributed by atoms with E-state index in [1.807, 2.05) is 33.8 Å². The van der Waals surface area contributed by atoms with E-state index < -0.39 is 5.91 Å². The number of carbonyl (C=O) groups excluding carboxylic acids is 1. The van der Waals surface area contributed by atoms with E-state index in [4.69, 9.17) is 9.47 Å². The van der Waals surface area contributed by atoms with Crippen LogP contribution in [0.3, 0.4) is 0 Å². The fourth-order valence-electron chi connectivity index (χ4n) is 1.83. The second-order valence-corrected chi connectivity index (χ2v) is 6.35. The highest BCUT2D eigenvalue weighted by Gasteiger charge is 2.15. The fraction of sp³-hybridized carbons (Fsp3) is 0.412. The standard InChI is InChI=1S/C17H21BrN2O3/c1-10(2)20-17(21)13(9-19)6-12-7-14(18)16(23-11(3)4)15(8-12)22-5/h6-8,10-11H,1-5H3,(H,20,21)/b13-6+. The molecule has 0 spiro atoms. The monoisotopic (exact) mass is 380 g/mol. The number of carbonyl (C=O) groups is 1. The van der Waals surface area contributed by atoms with E-state index in [1.54, 1.807) is 19.2 Å². The van der Waals surface area contributed by atoms with Gasteiger partial charge in [0.2, 0.25) is 0 Å². The van der Waals surface area contributed by atoms with Crippen LogP contribution < -0.4 is 14.8 Å².